The van der Waals surface area contributed by atoms with Crippen LogP contribution in [-0.2, 0) is 17.5 Å². The minimum Gasteiger partial charge on any atom is -0.325 e. The number of nitrogens with one attached hydrogen (secondary N) is 1. The number of alkyl halides is 3. The van der Waals surface area contributed by atoms with Gasteiger partial charge in [0.15, 0.2) is 11.0 Å². The molecule has 3 rings (SSSR count). The molecule has 0 bridgehead atoms. The molecule has 0 fully saturated rings. The second-order valence-corrected chi connectivity index (χ2v) is 8.78. The van der Waals surface area contributed by atoms with E-state index in [0.29, 0.717) is 22.5 Å². The van der Waals surface area contributed by atoms with Crippen LogP contribution in [0.1, 0.15) is 18.9 Å². The molecule has 0 unspecified atom stereocenters. The van der Waals surface area contributed by atoms with Gasteiger partial charge in [0, 0.05) is 21.6 Å². The number of benzene rings is 2. The topological polar surface area (TPSA) is 59.8 Å². The fourth-order valence-electron chi connectivity index (χ4n) is 2.81. The van der Waals surface area contributed by atoms with Gasteiger partial charge in [-0.15, -0.1) is 10.2 Å². The van der Waals surface area contributed by atoms with Crippen molar-refractivity contribution in [1.29, 1.82) is 0 Å². The average molecular weight is 534 g/mol. The lowest BCUT2D eigenvalue weighted by molar-refractivity contribution is -0.137. The lowest BCUT2D eigenvalue weighted by atomic mass is 10.1. The molecule has 2 aromatic carbocycles. The average Bonchev–Trinajstić information content (AvgIpc) is 3.10. The van der Waals surface area contributed by atoms with Crippen molar-refractivity contribution in [2.24, 2.45) is 0 Å². The van der Waals surface area contributed by atoms with E-state index in [1.54, 1.807) is 12.1 Å². The predicted octanol–water partition coefficient (Wildman–Crippen LogP) is 6.52. The van der Waals surface area contributed by atoms with Crippen LogP contribution in [-0.4, -0.2) is 26.4 Å². The van der Waals surface area contributed by atoms with Gasteiger partial charge in [0.1, 0.15) is 0 Å². The van der Waals surface area contributed by atoms with Gasteiger partial charge in [-0.25, -0.2) is 0 Å². The van der Waals surface area contributed by atoms with Crippen molar-refractivity contribution < 1.29 is 18.0 Å². The Balaban J connectivity index is 1.74. The number of hydrogen-bond acceptors (Lipinski definition) is 4. The number of anilines is 1. The van der Waals surface area contributed by atoms with Crippen LogP contribution < -0.4 is 5.32 Å². The second-order valence-electron chi connectivity index (χ2n) is 6.49. The van der Waals surface area contributed by atoms with Crippen molar-refractivity contribution in [2.75, 3.05) is 11.1 Å². The summed E-state index contributed by atoms with van der Waals surface area (Å²) in [4.78, 5) is 12.4. The third kappa shape index (κ3) is 6.02. The molecule has 1 heterocycles. The molecular weight excluding hydrogens is 517 g/mol. The van der Waals surface area contributed by atoms with Crippen LogP contribution in [0.5, 0.6) is 0 Å². The van der Waals surface area contributed by atoms with E-state index in [1.807, 2.05) is 23.6 Å². The molecule has 5 nitrogen and oxygen atoms in total. The number of hydrogen-bond donors (Lipinski definition) is 1. The number of carbonyl (C=O) groups excluding carboxylic acids is 1. The Hall–Kier alpha value is -2.04. The molecule has 0 radical (unpaired) electrons. The molecule has 0 aliphatic carbocycles. The van der Waals surface area contributed by atoms with Gasteiger partial charge < -0.3 is 9.88 Å². The number of rotatable bonds is 7. The van der Waals surface area contributed by atoms with Crippen LogP contribution in [0.15, 0.2) is 52.1 Å². The van der Waals surface area contributed by atoms with Crippen LogP contribution in [0.4, 0.5) is 18.9 Å². The maximum Gasteiger partial charge on any atom is 0.418 e. The monoisotopic (exact) mass is 532 g/mol. The van der Waals surface area contributed by atoms with E-state index in [2.05, 4.69) is 31.4 Å². The summed E-state index contributed by atoms with van der Waals surface area (Å²) in [7, 11) is 0. The number of nitrogens with zero attached hydrogens (tertiary/aromatic N) is 3. The smallest absolute Gasteiger partial charge is 0.325 e. The van der Waals surface area contributed by atoms with Gasteiger partial charge in [-0.05, 0) is 48.9 Å². The first-order valence-corrected chi connectivity index (χ1v) is 11.3. The molecule has 164 valence electrons. The van der Waals surface area contributed by atoms with E-state index in [1.165, 1.54) is 12.1 Å². The highest BCUT2D eigenvalue weighted by molar-refractivity contribution is 9.10. The summed E-state index contributed by atoms with van der Waals surface area (Å²) in [6, 6.07) is 10.7. The zero-order chi connectivity index (χ0) is 22.6. The quantitative estimate of drug-likeness (QED) is 0.351. The minimum absolute atomic E-state index is 0.115. The van der Waals surface area contributed by atoms with Crippen molar-refractivity contribution in [1.82, 2.24) is 14.8 Å². The SMILES string of the molecule is CCCn1c(SCC(=O)Nc2ccc(Br)cc2C(F)(F)F)nnc1-c1ccc(Cl)cc1. The van der Waals surface area contributed by atoms with Gasteiger partial charge in [0.2, 0.25) is 5.91 Å². The standard InChI is InChI=1S/C20H17BrClF3N4OS/c1-2-9-29-18(12-3-6-14(22)7-4-12)27-28-19(29)31-11-17(30)26-16-8-5-13(21)10-15(16)20(23,24)25/h3-8,10H,2,9,11H2,1H3,(H,26,30). The largest absolute Gasteiger partial charge is 0.418 e. The number of aromatic nitrogens is 3. The van der Waals surface area contributed by atoms with Crippen molar-refractivity contribution in [3.63, 3.8) is 0 Å². The number of carbonyl (C=O) groups is 1. The zero-order valence-corrected chi connectivity index (χ0v) is 19.4. The molecular formula is C20H17BrClF3N4OS. The van der Waals surface area contributed by atoms with Crippen molar-refractivity contribution in [3.05, 3.63) is 57.5 Å². The second kappa shape index (κ2) is 10.1. The summed E-state index contributed by atoms with van der Waals surface area (Å²) in [5.74, 6) is -0.0545. The molecule has 1 aromatic heterocycles. The molecule has 31 heavy (non-hydrogen) atoms. The van der Waals surface area contributed by atoms with Crippen LogP contribution in [0.2, 0.25) is 5.02 Å². The Bertz CT molecular complexity index is 1070. The molecule has 3 aromatic rings. The summed E-state index contributed by atoms with van der Waals surface area (Å²) in [6.45, 7) is 2.62. The van der Waals surface area contributed by atoms with Crippen LogP contribution in [0.3, 0.4) is 0 Å². The van der Waals surface area contributed by atoms with Crippen molar-refractivity contribution >= 4 is 50.9 Å². The van der Waals surface area contributed by atoms with Crippen LogP contribution in [0.25, 0.3) is 11.4 Å². The first-order chi connectivity index (χ1) is 14.7. The predicted molar refractivity (Wildman–Crippen MR) is 119 cm³/mol. The number of halogens is 5. The maximum atomic E-state index is 13.2. The first kappa shape index (κ1) is 23.6. The minimum atomic E-state index is -4.59. The summed E-state index contributed by atoms with van der Waals surface area (Å²) in [6.07, 6.45) is -3.78. The fraction of sp³-hybridized carbons (Fsp3) is 0.250. The summed E-state index contributed by atoms with van der Waals surface area (Å²) in [5, 5.41) is 11.8. The van der Waals surface area contributed by atoms with E-state index in [0.717, 1.165) is 29.8 Å². The molecule has 0 aliphatic rings. The van der Waals surface area contributed by atoms with Crippen LogP contribution in [0, 0.1) is 0 Å². The van der Waals surface area contributed by atoms with E-state index < -0.39 is 17.6 Å². The third-order valence-electron chi connectivity index (χ3n) is 4.16. The van der Waals surface area contributed by atoms with Gasteiger partial charge in [0.05, 0.1) is 17.0 Å². The van der Waals surface area contributed by atoms with Crippen LogP contribution >= 0.6 is 39.3 Å². The lowest BCUT2D eigenvalue weighted by Crippen LogP contribution is -2.18. The maximum absolute atomic E-state index is 13.2. The van der Waals surface area contributed by atoms with Gasteiger partial charge in [-0.2, -0.15) is 13.2 Å². The van der Waals surface area contributed by atoms with E-state index >= 15 is 0 Å². The molecule has 11 heteroatoms. The Kier molecular flexibility index (Phi) is 7.66. The molecule has 0 atom stereocenters. The summed E-state index contributed by atoms with van der Waals surface area (Å²) in [5.41, 5.74) is -0.385. The van der Waals surface area contributed by atoms with E-state index in [9.17, 15) is 18.0 Å². The van der Waals surface area contributed by atoms with Crippen molar-refractivity contribution in [2.45, 2.75) is 31.2 Å². The Morgan fingerprint density at radius 3 is 2.55 bits per heavy atom. The first-order valence-electron chi connectivity index (χ1n) is 9.17. The highest BCUT2D eigenvalue weighted by atomic mass is 79.9. The summed E-state index contributed by atoms with van der Waals surface area (Å²) < 4.78 is 41.9. The molecule has 0 saturated carbocycles. The van der Waals surface area contributed by atoms with E-state index in [4.69, 9.17) is 11.6 Å². The Morgan fingerprint density at radius 2 is 1.90 bits per heavy atom. The normalized spacial score (nSPS) is 11.5. The number of thioether (sulfide) groups is 1. The summed E-state index contributed by atoms with van der Waals surface area (Å²) >= 11 is 10.1. The molecule has 1 N–H and O–H groups in total. The van der Waals surface area contributed by atoms with Gasteiger partial charge >= 0.3 is 6.18 Å². The van der Waals surface area contributed by atoms with Crippen molar-refractivity contribution in [3.8, 4) is 11.4 Å². The molecule has 0 saturated heterocycles. The molecule has 0 spiro atoms. The zero-order valence-electron chi connectivity index (χ0n) is 16.2. The van der Waals surface area contributed by atoms with Gasteiger partial charge in [-0.1, -0.05) is 46.2 Å². The van der Waals surface area contributed by atoms with E-state index in [-0.39, 0.29) is 15.9 Å². The lowest BCUT2D eigenvalue weighted by Gasteiger charge is -2.14. The molecule has 1 amide bonds. The highest BCUT2D eigenvalue weighted by Gasteiger charge is 2.34. The van der Waals surface area contributed by atoms with Gasteiger partial charge in [0.25, 0.3) is 0 Å². The Labute approximate surface area is 194 Å². The third-order valence-corrected chi connectivity index (χ3v) is 5.87. The fourth-order valence-corrected chi connectivity index (χ4v) is 4.06. The Morgan fingerprint density at radius 1 is 1.19 bits per heavy atom. The van der Waals surface area contributed by atoms with Gasteiger partial charge in [-0.3, -0.25) is 4.79 Å². The highest BCUT2D eigenvalue weighted by Crippen LogP contribution is 2.36. The molecule has 0 aliphatic heterocycles. The number of amides is 1.